The van der Waals surface area contributed by atoms with Gasteiger partial charge in [0, 0.05) is 31.1 Å². The Morgan fingerprint density at radius 2 is 2.03 bits per heavy atom. The molecule has 0 radical (unpaired) electrons. The first-order chi connectivity index (χ1) is 14.1. The van der Waals surface area contributed by atoms with Crippen LogP contribution in [0.5, 0.6) is 0 Å². The lowest BCUT2D eigenvalue weighted by Crippen LogP contribution is -2.37. The van der Waals surface area contributed by atoms with Gasteiger partial charge in [-0.3, -0.25) is 4.79 Å². The molecule has 1 fully saturated rings. The van der Waals surface area contributed by atoms with E-state index in [4.69, 9.17) is 0 Å². The van der Waals surface area contributed by atoms with Crippen LogP contribution in [0.3, 0.4) is 0 Å². The van der Waals surface area contributed by atoms with Crippen LogP contribution in [0.25, 0.3) is 5.69 Å². The van der Waals surface area contributed by atoms with Crippen LogP contribution in [0.15, 0.2) is 24.3 Å². The standard InChI is InChI=1S/C22H23N3O5/c1-21(29)9-4-7-16-17(21)18(19(26)27)23-25(16)15-6-3-5-14(13-15)8-10-22(30)11-12-24(2)20(22)28/h3,5-6,13,29-30H,4,7,9,11-12H2,1-2H3,(H,26,27)/t21-,22-/m0/s1. The molecule has 1 saturated heterocycles. The molecule has 0 spiro atoms. The zero-order valence-corrected chi connectivity index (χ0v) is 16.8. The molecule has 0 unspecified atom stereocenters. The van der Waals surface area contributed by atoms with E-state index in [0.717, 1.165) is 0 Å². The third-order valence-electron chi connectivity index (χ3n) is 5.81. The second kappa shape index (κ2) is 6.97. The summed E-state index contributed by atoms with van der Waals surface area (Å²) in [7, 11) is 1.62. The lowest BCUT2D eigenvalue weighted by molar-refractivity contribution is -0.137. The van der Waals surface area contributed by atoms with Crippen molar-refractivity contribution >= 4 is 11.9 Å². The van der Waals surface area contributed by atoms with Gasteiger partial charge in [-0.2, -0.15) is 5.10 Å². The molecule has 30 heavy (non-hydrogen) atoms. The van der Waals surface area contributed by atoms with Crippen molar-refractivity contribution in [2.75, 3.05) is 13.6 Å². The van der Waals surface area contributed by atoms with Gasteiger partial charge in [0.05, 0.1) is 17.0 Å². The van der Waals surface area contributed by atoms with E-state index in [0.29, 0.717) is 48.3 Å². The molecule has 2 heterocycles. The summed E-state index contributed by atoms with van der Waals surface area (Å²) in [6.07, 6.45) is 2.03. The molecule has 2 aromatic rings. The first-order valence-corrected chi connectivity index (χ1v) is 9.82. The van der Waals surface area contributed by atoms with Crippen molar-refractivity contribution in [3.8, 4) is 17.5 Å². The Morgan fingerprint density at radius 1 is 1.27 bits per heavy atom. The highest BCUT2D eigenvalue weighted by molar-refractivity contribution is 5.90. The summed E-state index contributed by atoms with van der Waals surface area (Å²) in [5.41, 5.74) is -0.913. The predicted molar refractivity (Wildman–Crippen MR) is 107 cm³/mol. The number of aliphatic hydroxyl groups is 2. The highest BCUT2D eigenvalue weighted by Gasteiger charge is 2.42. The Hall–Kier alpha value is -3.15. The molecule has 0 bridgehead atoms. The predicted octanol–water partition coefficient (Wildman–Crippen LogP) is 1.06. The number of benzene rings is 1. The van der Waals surface area contributed by atoms with E-state index in [9.17, 15) is 24.9 Å². The van der Waals surface area contributed by atoms with E-state index in [2.05, 4.69) is 16.9 Å². The number of amides is 1. The van der Waals surface area contributed by atoms with Crippen LogP contribution >= 0.6 is 0 Å². The number of nitrogens with zero attached hydrogens (tertiary/aromatic N) is 3. The van der Waals surface area contributed by atoms with Crippen molar-refractivity contribution in [1.29, 1.82) is 0 Å². The lowest BCUT2D eigenvalue weighted by atomic mass is 9.82. The van der Waals surface area contributed by atoms with Gasteiger partial charge in [0.15, 0.2) is 5.69 Å². The molecule has 3 N–H and O–H groups in total. The molecule has 2 aliphatic rings. The monoisotopic (exact) mass is 409 g/mol. The molecule has 2 atom stereocenters. The number of carboxylic acid groups (broad SMARTS) is 1. The summed E-state index contributed by atoms with van der Waals surface area (Å²) in [4.78, 5) is 25.3. The maximum atomic E-state index is 12.1. The highest BCUT2D eigenvalue weighted by atomic mass is 16.4. The number of likely N-dealkylation sites (N-methyl/N-ethyl adjacent to an activating group) is 1. The van der Waals surface area contributed by atoms with Crippen molar-refractivity contribution in [2.45, 2.75) is 43.8 Å². The van der Waals surface area contributed by atoms with Gasteiger partial charge in [-0.05, 0) is 44.4 Å². The van der Waals surface area contributed by atoms with E-state index in [1.54, 1.807) is 42.9 Å². The summed E-state index contributed by atoms with van der Waals surface area (Å²) < 4.78 is 1.54. The van der Waals surface area contributed by atoms with E-state index in [1.807, 2.05) is 0 Å². The minimum atomic E-state index is -1.69. The van der Waals surface area contributed by atoms with E-state index >= 15 is 0 Å². The zero-order chi connectivity index (χ0) is 21.7. The minimum Gasteiger partial charge on any atom is -0.476 e. The number of fused-ring (bicyclic) bond motifs is 1. The maximum Gasteiger partial charge on any atom is 0.356 e. The molecule has 4 rings (SSSR count). The first kappa shape index (κ1) is 20.1. The molecule has 1 aliphatic carbocycles. The van der Waals surface area contributed by atoms with Crippen LogP contribution in [0.2, 0.25) is 0 Å². The quantitative estimate of drug-likeness (QED) is 0.639. The largest absolute Gasteiger partial charge is 0.476 e. The Kier molecular flexibility index (Phi) is 4.68. The average molecular weight is 409 g/mol. The summed E-state index contributed by atoms with van der Waals surface area (Å²) in [6, 6.07) is 6.99. The molecular weight excluding hydrogens is 386 g/mol. The molecule has 1 aromatic carbocycles. The number of rotatable bonds is 2. The molecule has 1 amide bonds. The number of aromatic nitrogens is 2. The van der Waals surface area contributed by atoms with Crippen molar-refractivity contribution in [2.24, 2.45) is 0 Å². The lowest BCUT2D eigenvalue weighted by Gasteiger charge is -2.29. The molecular formula is C22H23N3O5. The van der Waals surface area contributed by atoms with Gasteiger partial charge in [-0.25, -0.2) is 9.48 Å². The third-order valence-corrected chi connectivity index (χ3v) is 5.81. The van der Waals surface area contributed by atoms with Crippen LogP contribution in [-0.4, -0.2) is 61.1 Å². The Bertz CT molecular complexity index is 1110. The first-order valence-electron chi connectivity index (χ1n) is 9.82. The van der Waals surface area contributed by atoms with Crippen molar-refractivity contribution < 1.29 is 24.9 Å². The average Bonchev–Trinajstić information content (AvgIpc) is 3.22. The fourth-order valence-corrected chi connectivity index (χ4v) is 4.20. The van der Waals surface area contributed by atoms with Gasteiger partial charge >= 0.3 is 5.97 Å². The minimum absolute atomic E-state index is 0.153. The fourth-order valence-electron chi connectivity index (χ4n) is 4.20. The van der Waals surface area contributed by atoms with Gasteiger partial charge in [0.2, 0.25) is 5.60 Å². The maximum absolute atomic E-state index is 12.1. The van der Waals surface area contributed by atoms with Crippen molar-refractivity contribution in [3.63, 3.8) is 0 Å². The van der Waals surface area contributed by atoms with Crippen LogP contribution in [0.4, 0.5) is 0 Å². The van der Waals surface area contributed by atoms with E-state index in [1.165, 1.54) is 4.90 Å². The number of carboxylic acids is 1. The Balaban J connectivity index is 1.75. The number of hydrogen-bond acceptors (Lipinski definition) is 5. The van der Waals surface area contributed by atoms with Crippen LogP contribution in [0.1, 0.15) is 53.5 Å². The zero-order valence-electron chi connectivity index (χ0n) is 16.8. The normalized spacial score (nSPS) is 25.6. The SMILES string of the molecule is CN1CC[C@@](O)(C#Cc2cccc(-n3nc(C(=O)O)c4c3CCC[C@]4(C)O)c2)C1=O. The van der Waals surface area contributed by atoms with Gasteiger partial charge < -0.3 is 20.2 Å². The molecule has 1 aromatic heterocycles. The second-order valence-electron chi connectivity index (χ2n) is 8.15. The van der Waals surface area contributed by atoms with Crippen molar-refractivity contribution in [1.82, 2.24) is 14.7 Å². The Morgan fingerprint density at radius 3 is 2.70 bits per heavy atom. The number of likely N-dealkylation sites (tertiary alicyclic amines) is 1. The van der Waals surface area contributed by atoms with Gasteiger partial charge in [0.1, 0.15) is 0 Å². The third kappa shape index (κ3) is 3.26. The molecule has 1 aliphatic heterocycles. The second-order valence-corrected chi connectivity index (χ2v) is 8.15. The summed E-state index contributed by atoms with van der Waals surface area (Å²) in [5, 5.41) is 35.1. The van der Waals surface area contributed by atoms with Crippen molar-refractivity contribution in [3.05, 3.63) is 46.8 Å². The van der Waals surface area contributed by atoms with Gasteiger partial charge in [-0.15, -0.1) is 0 Å². The van der Waals surface area contributed by atoms with Crippen LogP contribution in [0, 0.1) is 11.8 Å². The smallest absolute Gasteiger partial charge is 0.356 e. The Labute approximate surface area is 173 Å². The molecule has 156 valence electrons. The van der Waals surface area contributed by atoms with Crippen LogP contribution in [-0.2, 0) is 16.8 Å². The number of carbonyl (C=O) groups is 2. The van der Waals surface area contributed by atoms with Crippen LogP contribution < -0.4 is 0 Å². The number of hydrogen-bond donors (Lipinski definition) is 3. The van der Waals surface area contributed by atoms with Gasteiger partial charge in [-0.1, -0.05) is 17.9 Å². The summed E-state index contributed by atoms with van der Waals surface area (Å²) >= 11 is 0. The van der Waals surface area contributed by atoms with E-state index in [-0.39, 0.29) is 12.1 Å². The number of carbonyl (C=O) groups excluding carboxylic acids is 1. The number of aromatic carboxylic acids is 1. The molecule has 0 saturated carbocycles. The molecule has 8 heteroatoms. The van der Waals surface area contributed by atoms with E-state index < -0.39 is 23.1 Å². The summed E-state index contributed by atoms with van der Waals surface area (Å²) in [6.45, 7) is 2.06. The summed E-state index contributed by atoms with van der Waals surface area (Å²) in [5.74, 6) is 3.94. The topological polar surface area (TPSA) is 116 Å². The van der Waals surface area contributed by atoms with Gasteiger partial charge in [0.25, 0.3) is 5.91 Å². The molecule has 8 nitrogen and oxygen atoms in total. The highest BCUT2D eigenvalue weighted by Crippen LogP contribution is 2.38. The fraction of sp³-hybridized carbons (Fsp3) is 0.409.